The fraction of sp³-hybridized carbons (Fsp3) is 0.353. The van der Waals surface area contributed by atoms with E-state index in [2.05, 4.69) is 38.7 Å². The van der Waals surface area contributed by atoms with E-state index in [1.54, 1.807) is 30.5 Å². The van der Waals surface area contributed by atoms with Crippen molar-refractivity contribution in [2.75, 3.05) is 26.7 Å². The van der Waals surface area contributed by atoms with Gasteiger partial charge in [-0.15, -0.1) is 11.3 Å². The van der Waals surface area contributed by atoms with E-state index < -0.39 is 10.0 Å². The first-order valence-electron chi connectivity index (χ1n) is 8.15. The molecule has 0 aliphatic carbocycles. The number of aliphatic imine (C=N–C) groups is 1. The molecular formula is C17H23ClN4O2S2. The Morgan fingerprint density at radius 2 is 2.04 bits per heavy atom. The molecule has 0 aliphatic rings. The lowest BCUT2D eigenvalue weighted by Gasteiger charge is -2.15. The average molecular weight is 415 g/mol. The van der Waals surface area contributed by atoms with E-state index >= 15 is 0 Å². The molecule has 1 unspecified atom stereocenters. The first-order valence-corrected chi connectivity index (χ1v) is 10.9. The van der Waals surface area contributed by atoms with Crippen molar-refractivity contribution in [2.24, 2.45) is 4.99 Å². The van der Waals surface area contributed by atoms with Gasteiger partial charge in [-0.05, 0) is 29.6 Å². The van der Waals surface area contributed by atoms with E-state index in [4.69, 9.17) is 11.6 Å². The van der Waals surface area contributed by atoms with Crippen molar-refractivity contribution < 1.29 is 8.42 Å². The maximum atomic E-state index is 12.2. The minimum atomic E-state index is -3.58. The van der Waals surface area contributed by atoms with Crippen molar-refractivity contribution in [1.82, 2.24) is 15.4 Å². The summed E-state index contributed by atoms with van der Waals surface area (Å²) < 4.78 is 26.9. The van der Waals surface area contributed by atoms with Crippen molar-refractivity contribution in [3.8, 4) is 0 Å². The highest BCUT2D eigenvalue weighted by molar-refractivity contribution is 7.89. The lowest BCUT2D eigenvalue weighted by molar-refractivity contribution is 0.580. The SMILES string of the molecule is CN=C(NCCNS(=O)(=O)c1cccc(Cl)c1)NCC(C)c1cccs1. The summed E-state index contributed by atoms with van der Waals surface area (Å²) in [5.74, 6) is 1.00. The summed E-state index contributed by atoms with van der Waals surface area (Å²) in [6, 6.07) is 10.3. The van der Waals surface area contributed by atoms with Crippen LogP contribution in [0.15, 0.2) is 51.7 Å². The summed E-state index contributed by atoms with van der Waals surface area (Å²) in [5, 5.41) is 8.79. The number of nitrogens with zero attached hydrogens (tertiary/aromatic N) is 1. The van der Waals surface area contributed by atoms with E-state index in [-0.39, 0.29) is 11.4 Å². The van der Waals surface area contributed by atoms with Crippen LogP contribution in [0.1, 0.15) is 17.7 Å². The van der Waals surface area contributed by atoms with Crippen molar-refractivity contribution >= 4 is 38.9 Å². The highest BCUT2D eigenvalue weighted by atomic mass is 35.5. The standard InChI is InChI=1S/C17H23ClN4O2S2/c1-13(16-7-4-10-25-16)12-21-17(19-2)20-8-9-22-26(23,24)15-6-3-5-14(18)11-15/h3-7,10-11,13,22H,8-9,12H2,1-2H3,(H2,19,20,21). The van der Waals surface area contributed by atoms with Gasteiger partial charge in [0, 0.05) is 42.5 Å². The molecule has 1 heterocycles. The number of benzene rings is 1. The third-order valence-corrected chi connectivity index (χ3v) is 6.44. The van der Waals surface area contributed by atoms with Crippen molar-refractivity contribution in [2.45, 2.75) is 17.7 Å². The van der Waals surface area contributed by atoms with Gasteiger partial charge in [-0.2, -0.15) is 0 Å². The zero-order valence-electron chi connectivity index (χ0n) is 14.7. The number of thiophene rings is 1. The third kappa shape index (κ3) is 6.28. The molecule has 142 valence electrons. The summed E-state index contributed by atoms with van der Waals surface area (Å²) in [6.45, 7) is 3.53. The zero-order chi connectivity index (χ0) is 19.0. The zero-order valence-corrected chi connectivity index (χ0v) is 17.1. The second-order valence-corrected chi connectivity index (χ2v) is 8.83. The summed E-state index contributed by atoms with van der Waals surface area (Å²) in [6.07, 6.45) is 0. The normalized spacial score (nSPS) is 13.4. The molecule has 1 atom stereocenters. The van der Waals surface area contributed by atoms with Gasteiger partial charge in [0.05, 0.1) is 4.90 Å². The first kappa shape index (κ1) is 20.7. The summed E-state index contributed by atoms with van der Waals surface area (Å²) in [7, 11) is -1.89. The molecule has 26 heavy (non-hydrogen) atoms. The monoisotopic (exact) mass is 414 g/mol. The lowest BCUT2D eigenvalue weighted by Crippen LogP contribution is -2.42. The molecule has 1 aromatic carbocycles. The van der Waals surface area contributed by atoms with Gasteiger partial charge in [0.25, 0.3) is 0 Å². The molecule has 9 heteroatoms. The van der Waals surface area contributed by atoms with Crippen LogP contribution in [-0.4, -0.2) is 41.1 Å². The Morgan fingerprint density at radius 1 is 1.23 bits per heavy atom. The Kier molecular flexibility index (Phi) is 7.89. The molecule has 6 nitrogen and oxygen atoms in total. The molecule has 0 saturated heterocycles. The Balaban J connectivity index is 1.75. The van der Waals surface area contributed by atoms with Crippen LogP contribution in [0.3, 0.4) is 0 Å². The van der Waals surface area contributed by atoms with Gasteiger partial charge in [-0.1, -0.05) is 30.7 Å². The molecular weight excluding hydrogens is 392 g/mol. The lowest BCUT2D eigenvalue weighted by atomic mass is 10.1. The van der Waals surface area contributed by atoms with Crippen LogP contribution in [-0.2, 0) is 10.0 Å². The minimum Gasteiger partial charge on any atom is -0.356 e. The van der Waals surface area contributed by atoms with Gasteiger partial charge in [0.15, 0.2) is 5.96 Å². The molecule has 0 saturated carbocycles. The van der Waals surface area contributed by atoms with Crippen molar-refractivity contribution in [3.05, 3.63) is 51.7 Å². The van der Waals surface area contributed by atoms with Crippen LogP contribution >= 0.6 is 22.9 Å². The Labute approximate surface area is 163 Å². The molecule has 2 aromatic rings. The minimum absolute atomic E-state index is 0.150. The van der Waals surface area contributed by atoms with E-state index in [9.17, 15) is 8.42 Å². The summed E-state index contributed by atoms with van der Waals surface area (Å²) in [4.78, 5) is 5.61. The largest absolute Gasteiger partial charge is 0.356 e. The molecule has 3 N–H and O–H groups in total. The number of rotatable bonds is 8. The van der Waals surface area contributed by atoms with Crippen LogP contribution in [0.25, 0.3) is 0 Å². The smallest absolute Gasteiger partial charge is 0.240 e. The van der Waals surface area contributed by atoms with E-state index in [0.29, 0.717) is 23.4 Å². The molecule has 0 aliphatic heterocycles. The van der Waals surface area contributed by atoms with E-state index in [1.807, 2.05) is 6.07 Å². The second kappa shape index (κ2) is 9.91. The molecule has 0 amide bonds. The molecule has 0 radical (unpaired) electrons. The van der Waals surface area contributed by atoms with Gasteiger partial charge in [-0.25, -0.2) is 13.1 Å². The maximum absolute atomic E-state index is 12.2. The molecule has 0 spiro atoms. The van der Waals surface area contributed by atoms with Crippen LogP contribution in [0.2, 0.25) is 5.02 Å². The average Bonchev–Trinajstić information content (AvgIpc) is 3.15. The fourth-order valence-corrected chi connectivity index (χ4v) is 4.35. The fourth-order valence-electron chi connectivity index (χ4n) is 2.23. The molecule has 2 rings (SSSR count). The Bertz CT molecular complexity index is 823. The Hall–Kier alpha value is -1.61. The highest BCUT2D eigenvalue weighted by Gasteiger charge is 2.13. The van der Waals surface area contributed by atoms with Gasteiger partial charge < -0.3 is 10.6 Å². The number of guanidine groups is 1. The third-order valence-electron chi connectivity index (χ3n) is 3.64. The van der Waals surface area contributed by atoms with Crippen molar-refractivity contribution in [1.29, 1.82) is 0 Å². The van der Waals surface area contributed by atoms with Gasteiger partial charge in [0.1, 0.15) is 0 Å². The van der Waals surface area contributed by atoms with Crippen LogP contribution in [0.4, 0.5) is 0 Å². The maximum Gasteiger partial charge on any atom is 0.240 e. The summed E-state index contributed by atoms with van der Waals surface area (Å²) >= 11 is 7.57. The van der Waals surface area contributed by atoms with Crippen molar-refractivity contribution in [3.63, 3.8) is 0 Å². The molecule has 0 fully saturated rings. The quantitative estimate of drug-likeness (QED) is 0.352. The van der Waals surface area contributed by atoms with E-state index in [1.165, 1.54) is 17.0 Å². The molecule has 0 bridgehead atoms. The predicted molar refractivity (Wildman–Crippen MR) is 109 cm³/mol. The summed E-state index contributed by atoms with van der Waals surface area (Å²) in [5.41, 5.74) is 0. The number of halogens is 1. The van der Waals surface area contributed by atoms with Gasteiger partial charge in [-0.3, -0.25) is 4.99 Å². The number of nitrogens with one attached hydrogen (secondary N) is 3. The molecule has 1 aromatic heterocycles. The second-order valence-electron chi connectivity index (χ2n) is 5.65. The predicted octanol–water partition coefficient (Wildman–Crippen LogP) is 2.65. The number of hydrogen-bond acceptors (Lipinski definition) is 4. The number of sulfonamides is 1. The Morgan fingerprint density at radius 3 is 2.69 bits per heavy atom. The first-order chi connectivity index (χ1) is 12.4. The van der Waals surface area contributed by atoms with E-state index in [0.717, 1.165) is 6.54 Å². The van der Waals surface area contributed by atoms with Crippen LogP contribution < -0.4 is 15.4 Å². The van der Waals surface area contributed by atoms with Crippen LogP contribution in [0.5, 0.6) is 0 Å². The topological polar surface area (TPSA) is 82.6 Å². The highest BCUT2D eigenvalue weighted by Crippen LogP contribution is 2.19. The van der Waals surface area contributed by atoms with Gasteiger partial charge >= 0.3 is 0 Å². The number of hydrogen-bond donors (Lipinski definition) is 3. The van der Waals surface area contributed by atoms with Gasteiger partial charge in [0.2, 0.25) is 10.0 Å². The van der Waals surface area contributed by atoms with Crippen LogP contribution in [0, 0.1) is 0 Å².